The maximum absolute atomic E-state index is 13.1. The maximum Gasteiger partial charge on any atom is 0.351 e. The van der Waals surface area contributed by atoms with Crippen molar-refractivity contribution in [2.75, 3.05) is 50.9 Å². The minimum absolute atomic E-state index is 0.00102. The van der Waals surface area contributed by atoms with Crippen molar-refractivity contribution in [2.45, 2.75) is 31.8 Å². The van der Waals surface area contributed by atoms with E-state index in [0.29, 0.717) is 37.4 Å². The number of rotatable bonds is 14. The highest BCUT2D eigenvalue weighted by Crippen LogP contribution is 2.32. The van der Waals surface area contributed by atoms with Gasteiger partial charge in [-0.05, 0) is 50.2 Å². The molecule has 42 heavy (non-hydrogen) atoms. The number of morpholine rings is 1. The summed E-state index contributed by atoms with van der Waals surface area (Å²) in [5, 5.41) is 5.06. The Kier molecular flexibility index (Phi) is 10.5. The first-order valence-corrected chi connectivity index (χ1v) is 14.3. The smallest absolute Gasteiger partial charge is 0.351 e. The largest absolute Gasteiger partial charge is 0.461 e. The lowest BCUT2D eigenvalue weighted by molar-refractivity contribution is -0.146. The second-order valence-electron chi connectivity index (χ2n) is 9.27. The highest BCUT2D eigenvalue weighted by atomic mass is 32.2. The summed E-state index contributed by atoms with van der Waals surface area (Å²) in [6.07, 6.45) is 2.20. The fourth-order valence-electron chi connectivity index (χ4n) is 4.27. The molecule has 2 atom stereocenters. The van der Waals surface area contributed by atoms with E-state index < -0.39 is 37.7 Å². The molecule has 2 aliphatic heterocycles. The summed E-state index contributed by atoms with van der Waals surface area (Å²) in [4.78, 5) is 55.1. The van der Waals surface area contributed by atoms with Crippen LogP contribution in [0.1, 0.15) is 35.0 Å². The predicted octanol–water partition coefficient (Wildman–Crippen LogP) is 0.434. The van der Waals surface area contributed by atoms with Gasteiger partial charge in [0.15, 0.2) is 6.23 Å². The zero-order chi connectivity index (χ0) is 31.5. The third-order valence-electron chi connectivity index (χ3n) is 6.45. The Hall–Kier alpha value is -3.66. The molecule has 2 N–H and O–H groups in total. The van der Waals surface area contributed by atoms with E-state index in [1.165, 1.54) is 23.9 Å². The summed E-state index contributed by atoms with van der Waals surface area (Å²) in [7, 11) is 0.497. The van der Waals surface area contributed by atoms with Crippen LogP contribution in [0.4, 0.5) is 5.82 Å². The van der Waals surface area contributed by atoms with Gasteiger partial charge in [0.25, 0.3) is 5.91 Å². The third kappa shape index (κ3) is 8.68. The molecule has 0 saturated carbocycles. The number of ether oxygens (including phenoxy) is 3. The topological polar surface area (TPSA) is 150 Å². The third-order valence-corrected chi connectivity index (χ3v) is 6.89. The van der Waals surface area contributed by atoms with Crippen molar-refractivity contribution < 1.29 is 32.8 Å². The second kappa shape index (κ2) is 15.5. The van der Waals surface area contributed by atoms with Gasteiger partial charge in [0.05, 0.1) is 31.9 Å². The number of aromatic nitrogens is 2. The second-order valence-corrected chi connectivity index (χ2v) is 10.1. The van der Waals surface area contributed by atoms with Crippen molar-refractivity contribution in [3.63, 3.8) is 0 Å². The van der Waals surface area contributed by atoms with E-state index in [1.807, 2.05) is 6.08 Å². The van der Waals surface area contributed by atoms with Gasteiger partial charge in [0, 0.05) is 38.3 Å². The Labute approximate surface area is 251 Å². The normalized spacial score (nSPS) is 18.9. The zero-order valence-corrected chi connectivity index (χ0v) is 24.0. The molecule has 1 aromatic carbocycles. The minimum Gasteiger partial charge on any atom is -0.461 e. The van der Waals surface area contributed by atoms with E-state index in [0.717, 1.165) is 17.7 Å². The average Bonchev–Trinajstić information content (AvgIpc) is 3.45. The number of hydrogen-bond donors (Lipinski definition) is 2. The Morgan fingerprint density at radius 2 is 2.02 bits per heavy atom. The highest BCUT2D eigenvalue weighted by molar-refractivity contribution is 7.95. The summed E-state index contributed by atoms with van der Waals surface area (Å²) in [6.45, 7) is 2.51. The summed E-state index contributed by atoms with van der Waals surface area (Å²) in [6, 6.07) is 7.91. The highest BCUT2D eigenvalue weighted by Gasteiger charge is 2.34. The van der Waals surface area contributed by atoms with Crippen LogP contribution in [0.15, 0.2) is 53.1 Å². The van der Waals surface area contributed by atoms with E-state index in [4.69, 9.17) is 21.1 Å². The molecule has 13 nitrogen and oxygen atoms in total. The number of carbonyl (C=O) groups excluding carboxylic acids is 3. The van der Waals surface area contributed by atoms with Crippen LogP contribution in [0.25, 0.3) is 0 Å². The van der Waals surface area contributed by atoms with Crippen LogP contribution in [0.5, 0.6) is 0 Å². The molecule has 0 unspecified atom stereocenters. The van der Waals surface area contributed by atoms with Crippen LogP contribution in [0, 0.1) is 0 Å². The minimum atomic E-state index is -0.996. The van der Waals surface area contributed by atoms with Crippen LogP contribution in [0.2, 0.25) is 0 Å². The zero-order valence-electron chi connectivity index (χ0n) is 25.2. The Morgan fingerprint density at radius 3 is 2.74 bits per heavy atom. The van der Waals surface area contributed by atoms with Crippen LogP contribution in [-0.4, -0.2) is 94.4 Å². The van der Waals surface area contributed by atoms with E-state index in [9.17, 15) is 19.2 Å². The first kappa shape index (κ1) is 28.5. The number of esters is 1. The summed E-state index contributed by atoms with van der Waals surface area (Å²) >= 11 is 1.03. The SMILES string of the molecule is [2H]B([3H])CSOC[C@@H]1C=C(N2CCOCC2)[C@H](n2ccc(NC(=O)c3ccc(COC(=O)CCC(=O)NC)cc3)nc2=O)O1. The number of nitrogens with one attached hydrogen (secondary N) is 2. The molecule has 4 rings (SSSR count). The predicted molar refractivity (Wildman–Crippen MR) is 157 cm³/mol. The quantitative estimate of drug-likeness (QED) is 0.134. The molecule has 0 spiro atoms. The number of hydrogen-bond acceptors (Lipinski definition) is 11. The van der Waals surface area contributed by atoms with Gasteiger partial charge in [-0.3, -0.25) is 19.0 Å². The monoisotopic (exact) mass is 602 g/mol. The Morgan fingerprint density at radius 1 is 1.24 bits per heavy atom. The molecule has 0 radical (unpaired) electrons. The molecule has 2 aliphatic rings. The van der Waals surface area contributed by atoms with Gasteiger partial charge >= 0.3 is 11.7 Å². The summed E-state index contributed by atoms with van der Waals surface area (Å²) < 4.78 is 38.2. The lowest BCUT2D eigenvalue weighted by atomic mass is 10.1. The van der Waals surface area contributed by atoms with Crippen molar-refractivity contribution in [1.29, 1.82) is 2.67 Å². The van der Waals surface area contributed by atoms with Crippen molar-refractivity contribution in [3.05, 3.63) is 69.9 Å². The van der Waals surface area contributed by atoms with E-state index in [-0.39, 0.29) is 43.4 Å². The van der Waals surface area contributed by atoms with Gasteiger partial charge in [-0.15, -0.1) is 0 Å². The Bertz CT molecular complexity index is 1390. The van der Waals surface area contributed by atoms with E-state index >= 15 is 0 Å². The molecule has 224 valence electrons. The number of benzene rings is 1. The molecule has 3 heterocycles. The van der Waals surface area contributed by atoms with Crippen LogP contribution in [-0.2, 0) is 34.6 Å². The first-order valence-electron chi connectivity index (χ1n) is 14.5. The Balaban J connectivity index is 1.35. The molecule has 1 fully saturated rings. The number of amides is 2. The standard InChI is InChI=1S/C27H34BN5O8S/c1-29-23(34)6-7-24(35)39-15-18-2-4-19(5-3-18)25(36)30-22-8-9-33(27(37)31-22)26-21(32-10-12-38-13-11-32)14-20(41-26)16-40-42-17-28/h2-5,8-9,14,20,26H,6-7,10-13,15-17,28H2,1H3,(H,29,34)(H,30,31,36,37)/t20-,26+/m0/s1/i28TD. The van der Waals surface area contributed by atoms with Crippen molar-refractivity contribution in [1.82, 2.24) is 19.8 Å². The molecular formula is C27H34BN5O8S. The van der Waals surface area contributed by atoms with Gasteiger partial charge in [0.2, 0.25) is 5.91 Å². The molecule has 15 heteroatoms. The van der Waals surface area contributed by atoms with Gasteiger partial charge < -0.3 is 33.9 Å². The van der Waals surface area contributed by atoms with E-state index in [2.05, 4.69) is 20.5 Å². The first-order chi connectivity index (χ1) is 21.2. The molecule has 1 aromatic heterocycles. The van der Waals surface area contributed by atoms with Crippen molar-refractivity contribution in [3.8, 4) is 0 Å². The molecule has 1 saturated heterocycles. The van der Waals surface area contributed by atoms with Gasteiger partial charge in [0.1, 0.15) is 26.3 Å². The lowest BCUT2D eigenvalue weighted by Crippen LogP contribution is -2.39. The average molecular weight is 602 g/mol. The van der Waals surface area contributed by atoms with Crippen LogP contribution >= 0.6 is 12.0 Å². The number of nitrogens with zero attached hydrogens (tertiary/aromatic N) is 3. The molecule has 2 amide bonds. The maximum atomic E-state index is 13.1. The van der Waals surface area contributed by atoms with Gasteiger partial charge in [-0.2, -0.15) is 4.98 Å². The van der Waals surface area contributed by atoms with E-state index in [1.54, 1.807) is 24.3 Å². The molecule has 0 aliphatic carbocycles. The van der Waals surface area contributed by atoms with Gasteiger partial charge in [-0.25, -0.2) is 4.79 Å². The number of anilines is 1. The van der Waals surface area contributed by atoms with Crippen LogP contribution < -0.4 is 16.3 Å². The molecule has 2 aromatic rings. The lowest BCUT2D eigenvalue weighted by Gasteiger charge is -2.32. The fourth-order valence-corrected chi connectivity index (χ4v) is 4.59. The van der Waals surface area contributed by atoms with Crippen molar-refractivity contribution >= 4 is 43.4 Å². The molecule has 0 bridgehead atoms. The van der Waals surface area contributed by atoms with Crippen molar-refractivity contribution in [2.24, 2.45) is 0 Å². The summed E-state index contributed by atoms with van der Waals surface area (Å²) in [5.41, 5.74) is 1.33. The summed E-state index contributed by atoms with van der Waals surface area (Å²) in [5.74, 6) is -1.16. The molecular weight excluding hydrogens is 565 g/mol. The van der Waals surface area contributed by atoms with Gasteiger partial charge in [-0.1, -0.05) is 12.1 Å². The fraction of sp³-hybridized carbons (Fsp3) is 0.444. The van der Waals surface area contributed by atoms with Crippen LogP contribution in [0.3, 0.4) is 0 Å². The number of carbonyl (C=O) groups is 3.